The van der Waals surface area contributed by atoms with Crippen molar-refractivity contribution in [3.05, 3.63) is 43.0 Å². The molecule has 10 heteroatoms. The molecule has 4 aromatic heterocycles. The standard InChI is InChI=1S/C25H31FN8O/c1-17(2)34-15-19(13-29-34)21-14-27-24(11-22(21)32-9-3-5-20(35)16-32)30-23-7-6-18-12-28-33(10-4-8-26)25(18)31-23/h6-7,11-15,17,20,35H,3-5,8-10,16H2,1-2H3,(H,27,30,31)/t20-/m0/s1. The van der Waals surface area contributed by atoms with Gasteiger partial charge in [0, 0.05) is 60.6 Å². The number of anilines is 3. The van der Waals surface area contributed by atoms with E-state index < -0.39 is 0 Å². The van der Waals surface area contributed by atoms with E-state index in [1.165, 1.54) is 0 Å². The number of piperidine rings is 1. The summed E-state index contributed by atoms with van der Waals surface area (Å²) in [6.45, 7) is 5.72. The highest BCUT2D eigenvalue weighted by atomic mass is 19.1. The monoisotopic (exact) mass is 478 g/mol. The fraction of sp³-hybridized carbons (Fsp3) is 0.440. The number of aliphatic hydroxyl groups excluding tert-OH is 1. The number of β-amino-alcohol motifs (C(OH)–C–C–N with tert-alkyl or cyclic N) is 1. The van der Waals surface area contributed by atoms with Crippen LogP contribution >= 0.6 is 0 Å². The minimum absolute atomic E-state index is 0.261. The minimum atomic E-state index is -0.389. The van der Waals surface area contributed by atoms with E-state index in [0.717, 1.165) is 41.6 Å². The summed E-state index contributed by atoms with van der Waals surface area (Å²) in [5.41, 5.74) is 3.67. The third kappa shape index (κ3) is 4.97. The fourth-order valence-corrected chi connectivity index (χ4v) is 4.46. The van der Waals surface area contributed by atoms with Crippen molar-refractivity contribution in [2.75, 3.05) is 30.0 Å². The number of pyridine rings is 2. The van der Waals surface area contributed by atoms with Gasteiger partial charge in [-0.1, -0.05) is 0 Å². The van der Waals surface area contributed by atoms with Gasteiger partial charge in [0.15, 0.2) is 5.65 Å². The number of hydrogen-bond donors (Lipinski definition) is 2. The van der Waals surface area contributed by atoms with Crippen molar-refractivity contribution in [3.8, 4) is 11.1 Å². The molecule has 0 unspecified atom stereocenters. The first-order valence-electron chi connectivity index (χ1n) is 12.1. The first-order chi connectivity index (χ1) is 17.0. The Balaban J connectivity index is 1.48. The van der Waals surface area contributed by atoms with E-state index in [1.807, 2.05) is 41.5 Å². The lowest BCUT2D eigenvalue weighted by molar-refractivity contribution is 0.154. The highest BCUT2D eigenvalue weighted by Gasteiger charge is 2.22. The lowest BCUT2D eigenvalue weighted by atomic mass is 10.0. The molecule has 5 heterocycles. The van der Waals surface area contributed by atoms with Crippen LogP contribution < -0.4 is 10.2 Å². The molecule has 0 amide bonds. The van der Waals surface area contributed by atoms with Crippen molar-refractivity contribution < 1.29 is 9.50 Å². The number of rotatable bonds is 8. The highest BCUT2D eigenvalue weighted by molar-refractivity contribution is 5.81. The van der Waals surface area contributed by atoms with E-state index in [0.29, 0.717) is 36.8 Å². The number of halogens is 1. The molecule has 4 aromatic rings. The van der Waals surface area contributed by atoms with Gasteiger partial charge in [0.05, 0.1) is 30.9 Å². The van der Waals surface area contributed by atoms with Gasteiger partial charge in [-0.05, 0) is 45.2 Å². The van der Waals surface area contributed by atoms with E-state index in [4.69, 9.17) is 4.98 Å². The first-order valence-corrected chi connectivity index (χ1v) is 12.1. The Morgan fingerprint density at radius 2 is 2.06 bits per heavy atom. The van der Waals surface area contributed by atoms with Crippen molar-refractivity contribution in [2.24, 2.45) is 0 Å². The lowest BCUT2D eigenvalue weighted by Gasteiger charge is -2.33. The second kappa shape index (κ2) is 9.99. The quantitative estimate of drug-likeness (QED) is 0.389. The van der Waals surface area contributed by atoms with Crippen LogP contribution in [0.2, 0.25) is 0 Å². The summed E-state index contributed by atoms with van der Waals surface area (Å²) in [5, 5.41) is 23.4. The molecule has 1 aliphatic heterocycles. The Morgan fingerprint density at radius 1 is 1.17 bits per heavy atom. The zero-order valence-electron chi connectivity index (χ0n) is 20.1. The van der Waals surface area contributed by atoms with Crippen LogP contribution in [0.25, 0.3) is 22.2 Å². The van der Waals surface area contributed by atoms with Crippen molar-refractivity contribution in [3.63, 3.8) is 0 Å². The fourth-order valence-electron chi connectivity index (χ4n) is 4.46. The lowest BCUT2D eigenvalue weighted by Crippen LogP contribution is -2.38. The topological polar surface area (TPSA) is 96.9 Å². The number of aliphatic hydroxyl groups is 1. The number of hydrogen-bond acceptors (Lipinski definition) is 7. The molecule has 35 heavy (non-hydrogen) atoms. The Labute approximate surface area is 203 Å². The molecular formula is C25H31FN8O. The SMILES string of the molecule is CC(C)n1cc(-c2cnc(Nc3ccc4cnn(CCCF)c4n3)cc2N2CCC[C@H](O)C2)cn1. The maximum atomic E-state index is 12.7. The first kappa shape index (κ1) is 23.2. The number of alkyl halides is 1. The van der Waals surface area contributed by atoms with Crippen LogP contribution in [0.4, 0.5) is 21.7 Å². The second-order valence-corrected chi connectivity index (χ2v) is 9.28. The Bertz CT molecular complexity index is 1300. The molecule has 2 N–H and O–H groups in total. The number of fused-ring (bicyclic) bond motifs is 1. The van der Waals surface area contributed by atoms with Gasteiger partial charge in [-0.15, -0.1) is 0 Å². The van der Waals surface area contributed by atoms with Gasteiger partial charge >= 0.3 is 0 Å². The number of nitrogens with one attached hydrogen (secondary N) is 1. The Hall–Kier alpha value is -3.53. The smallest absolute Gasteiger partial charge is 0.160 e. The third-order valence-electron chi connectivity index (χ3n) is 6.31. The summed E-state index contributed by atoms with van der Waals surface area (Å²) in [5.74, 6) is 1.29. The van der Waals surface area contributed by atoms with Crippen LogP contribution in [-0.2, 0) is 6.54 Å². The van der Waals surface area contributed by atoms with Crippen molar-refractivity contribution >= 4 is 28.4 Å². The number of aromatic nitrogens is 6. The molecule has 0 radical (unpaired) electrons. The average Bonchev–Trinajstić information content (AvgIpc) is 3.50. The molecule has 184 valence electrons. The van der Waals surface area contributed by atoms with Crippen molar-refractivity contribution in [2.45, 2.75) is 51.8 Å². The second-order valence-electron chi connectivity index (χ2n) is 9.28. The molecule has 9 nitrogen and oxygen atoms in total. The summed E-state index contributed by atoms with van der Waals surface area (Å²) in [6, 6.07) is 6.10. The van der Waals surface area contributed by atoms with Crippen molar-refractivity contribution in [1.82, 2.24) is 29.5 Å². The van der Waals surface area contributed by atoms with Crippen LogP contribution in [-0.4, -0.2) is 60.5 Å². The largest absolute Gasteiger partial charge is 0.391 e. The minimum Gasteiger partial charge on any atom is -0.391 e. The van der Waals surface area contributed by atoms with Crippen LogP contribution in [0.5, 0.6) is 0 Å². The maximum absolute atomic E-state index is 12.7. The molecule has 0 bridgehead atoms. The van der Waals surface area contributed by atoms with E-state index in [9.17, 15) is 9.50 Å². The Kier molecular flexibility index (Phi) is 6.63. The molecule has 1 saturated heterocycles. The molecule has 0 aliphatic carbocycles. The summed E-state index contributed by atoms with van der Waals surface area (Å²) in [7, 11) is 0. The van der Waals surface area contributed by atoms with Gasteiger partial charge in [-0.25, -0.2) is 14.6 Å². The number of aryl methyl sites for hydroxylation is 1. The van der Waals surface area contributed by atoms with E-state index in [2.05, 4.69) is 39.2 Å². The molecule has 0 saturated carbocycles. The molecule has 1 fully saturated rings. The summed E-state index contributed by atoms with van der Waals surface area (Å²) < 4.78 is 16.3. The van der Waals surface area contributed by atoms with Crippen LogP contribution in [0, 0.1) is 0 Å². The van der Waals surface area contributed by atoms with Gasteiger partial charge < -0.3 is 15.3 Å². The molecular weight excluding hydrogens is 447 g/mol. The van der Waals surface area contributed by atoms with Crippen LogP contribution in [0.15, 0.2) is 43.0 Å². The third-order valence-corrected chi connectivity index (χ3v) is 6.31. The molecule has 5 rings (SSSR count). The predicted molar refractivity (Wildman–Crippen MR) is 135 cm³/mol. The van der Waals surface area contributed by atoms with Crippen LogP contribution in [0.1, 0.15) is 39.2 Å². The zero-order chi connectivity index (χ0) is 24.4. The van der Waals surface area contributed by atoms with E-state index in [-0.39, 0.29) is 18.8 Å². The van der Waals surface area contributed by atoms with Crippen molar-refractivity contribution in [1.29, 1.82) is 0 Å². The maximum Gasteiger partial charge on any atom is 0.160 e. The van der Waals surface area contributed by atoms with Crippen LogP contribution in [0.3, 0.4) is 0 Å². The van der Waals surface area contributed by atoms with E-state index in [1.54, 1.807) is 10.9 Å². The van der Waals surface area contributed by atoms with Gasteiger partial charge in [-0.2, -0.15) is 10.2 Å². The normalized spacial score (nSPS) is 16.4. The average molecular weight is 479 g/mol. The summed E-state index contributed by atoms with van der Waals surface area (Å²) in [4.78, 5) is 11.6. The molecule has 0 aromatic carbocycles. The molecule has 0 spiro atoms. The molecule has 1 atom stereocenters. The zero-order valence-corrected chi connectivity index (χ0v) is 20.1. The van der Waals surface area contributed by atoms with E-state index >= 15 is 0 Å². The van der Waals surface area contributed by atoms with Gasteiger partial charge in [0.2, 0.25) is 0 Å². The Morgan fingerprint density at radius 3 is 2.83 bits per heavy atom. The highest BCUT2D eigenvalue weighted by Crippen LogP contribution is 2.34. The molecule has 1 aliphatic rings. The predicted octanol–water partition coefficient (Wildman–Crippen LogP) is 4.34. The summed E-state index contributed by atoms with van der Waals surface area (Å²) in [6.07, 6.45) is 9.28. The van der Waals surface area contributed by atoms with Gasteiger partial charge in [0.1, 0.15) is 11.6 Å². The van der Waals surface area contributed by atoms with Gasteiger partial charge in [-0.3, -0.25) is 9.07 Å². The number of nitrogens with zero attached hydrogens (tertiary/aromatic N) is 7. The summed E-state index contributed by atoms with van der Waals surface area (Å²) >= 11 is 0. The van der Waals surface area contributed by atoms with Gasteiger partial charge in [0.25, 0.3) is 0 Å².